The van der Waals surface area contributed by atoms with Crippen LogP contribution >= 0.6 is 23.2 Å². The number of halogens is 2. The number of carboxylic acid groups (broad SMARTS) is 1. The van der Waals surface area contributed by atoms with Crippen LogP contribution in [-0.4, -0.2) is 16.2 Å². The van der Waals surface area contributed by atoms with E-state index < -0.39 is 5.97 Å². The van der Waals surface area contributed by atoms with Gasteiger partial charge in [0.15, 0.2) is 0 Å². The van der Waals surface area contributed by atoms with Gasteiger partial charge in [-0.2, -0.15) is 0 Å². The molecule has 0 fully saturated rings. The Kier molecular flexibility index (Phi) is 3.45. The first-order chi connectivity index (χ1) is 8.49. The van der Waals surface area contributed by atoms with Crippen LogP contribution in [0, 0.1) is 0 Å². The van der Waals surface area contributed by atoms with E-state index in [1.165, 1.54) is 12.1 Å². The average molecular weight is 283 g/mol. The summed E-state index contributed by atoms with van der Waals surface area (Å²) in [5.41, 5.74) is 1.02. The smallest absolute Gasteiger partial charge is 0.339 e. The summed E-state index contributed by atoms with van der Waals surface area (Å²) in [6.07, 6.45) is 0. The molecule has 18 heavy (non-hydrogen) atoms. The van der Waals surface area contributed by atoms with Crippen molar-refractivity contribution in [1.82, 2.24) is 0 Å². The predicted molar refractivity (Wildman–Crippen MR) is 70.5 cm³/mol. The summed E-state index contributed by atoms with van der Waals surface area (Å²) in [6.45, 7) is 0. The van der Waals surface area contributed by atoms with Crippen LogP contribution in [0.25, 0.3) is 11.1 Å². The normalized spacial score (nSPS) is 10.3. The maximum atomic E-state index is 10.9. The second-order valence-corrected chi connectivity index (χ2v) is 4.50. The van der Waals surface area contributed by atoms with Crippen LogP contribution in [0.1, 0.15) is 10.4 Å². The SMILES string of the molecule is O=C(O)c1cc(-c2cc(Cl)ccc2Cl)ccc1O. The summed E-state index contributed by atoms with van der Waals surface area (Å²) in [7, 11) is 0. The molecule has 2 aromatic rings. The highest BCUT2D eigenvalue weighted by Crippen LogP contribution is 2.32. The number of aromatic carboxylic acids is 1. The summed E-state index contributed by atoms with van der Waals surface area (Å²) >= 11 is 11.9. The highest BCUT2D eigenvalue weighted by Gasteiger charge is 2.12. The van der Waals surface area contributed by atoms with Crippen molar-refractivity contribution in [2.24, 2.45) is 0 Å². The third-order valence-electron chi connectivity index (χ3n) is 2.47. The standard InChI is InChI=1S/C13H8Cl2O3/c14-8-2-3-11(15)9(6-8)7-1-4-12(16)10(5-7)13(17)18/h1-6,16H,(H,17,18). The van der Waals surface area contributed by atoms with Gasteiger partial charge in [-0.25, -0.2) is 4.79 Å². The van der Waals surface area contributed by atoms with Crippen molar-refractivity contribution in [3.8, 4) is 16.9 Å². The third kappa shape index (κ3) is 2.42. The Labute approximate surface area is 113 Å². The van der Waals surface area contributed by atoms with Gasteiger partial charge >= 0.3 is 5.97 Å². The molecule has 0 aliphatic carbocycles. The highest BCUT2D eigenvalue weighted by atomic mass is 35.5. The number of phenols is 1. The maximum absolute atomic E-state index is 10.9. The second-order valence-electron chi connectivity index (χ2n) is 3.66. The fraction of sp³-hybridized carbons (Fsp3) is 0. The van der Waals surface area contributed by atoms with Crippen LogP contribution < -0.4 is 0 Å². The van der Waals surface area contributed by atoms with Gasteiger partial charge in [-0.1, -0.05) is 29.3 Å². The first-order valence-corrected chi connectivity index (χ1v) is 5.76. The number of benzene rings is 2. The molecule has 0 amide bonds. The minimum atomic E-state index is -1.20. The molecule has 0 heterocycles. The molecule has 2 N–H and O–H groups in total. The monoisotopic (exact) mass is 282 g/mol. The van der Waals surface area contributed by atoms with E-state index >= 15 is 0 Å². The Bertz CT molecular complexity index is 624. The van der Waals surface area contributed by atoms with Crippen molar-refractivity contribution in [3.05, 3.63) is 52.0 Å². The molecule has 0 atom stereocenters. The second kappa shape index (κ2) is 4.88. The average Bonchev–Trinajstić information content (AvgIpc) is 2.33. The number of rotatable bonds is 2. The van der Waals surface area contributed by atoms with Crippen LogP contribution in [0.2, 0.25) is 10.0 Å². The minimum absolute atomic E-state index is 0.177. The van der Waals surface area contributed by atoms with E-state index in [0.717, 1.165) is 0 Å². The quantitative estimate of drug-likeness (QED) is 0.873. The fourth-order valence-corrected chi connectivity index (χ4v) is 1.99. The number of carboxylic acids is 1. The third-order valence-corrected chi connectivity index (χ3v) is 3.03. The number of hydrogen-bond acceptors (Lipinski definition) is 2. The van der Waals surface area contributed by atoms with E-state index in [0.29, 0.717) is 21.2 Å². The van der Waals surface area contributed by atoms with Crippen molar-refractivity contribution in [2.45, 2.75) is 0 Å². The Morgan fingerprint density at radius 3 is 2.44 bits per heavy atom. The van der Waals surface area contributed by atoms with Crippen LogP contribution in [0.4, 0.5) is 0 Å². The minimum Gasteiger partial charge on any atom is -0.507 e. The lowest BCUT2D eigenvalue weighted by molar-refractivity contribution is 0.0694. The summed E-state index contributed by atoms with van der Waals surface area (Å²) in [6, 6.07) is 9.17. The lowest BCUT2D eigenvalue weighted by Crippen LogP contribution is -1.97. The Morgan fingerprint density at radius 2 is 1.78 bits per heavy atom. The van der Waals surface area contributed by atoms with Gasteiger partial charge in [0.1, 0.15) is 11.3 Å². The Balaban J connectivity index is 2.61. The molecular formula is C13H8Cl2O3. The van der Waals surface area contributed by atoms with Gasteiger partial charge in [-0.15, -0.1) is 0 Å². The molecule has 2 aromatic carbocycles. The van der Waals surface area contributed by atoms with E-state index in [4.69, 9.17) is 28.3 Å². The molecule has 2 rings (SSSR count). The zero-order valence-electron chi connectivity index (χ0n) is 9.02. The molecule has 3 nitrogen and oxygen atoms in total. The van der Waals surface area contributed by atoms with Gasteiger partial charge < -0.3 is 10.2 Å². The van der Waals surface area contributed by atoms with E-state index in [-0.39, 0.29) is 11.3 Å². The van der Waals surface area contributed by atoms with Crippen molar-refractivity contribution < 1.29 is 15.0 Å². The molecule has 0 bridgehead atoms. The molecule has 0 aliphatic heterocycles. The first kappa shape index (κ1) is 12.7. The van der Waals surface area contributed by atoms with Gasteiger partial charge in [0.25, 0.3) is 0 Å². The first-order valence-electron chi connectivity index (χ1n) is 5.01. The zero-order chi connectivity index (χ0) is 13.3. The number of hydrogen-bond donors (Lipinski definition) is 2. The Hall–Kier alpha value is -1.71. The fourth-order valence-electron chi connectivity index (χ4n) is 1.59. The van der Waals surface area contributed by atoms with Crippen LogP contribution in [-0.2, 0) is 0 Å². The van der Waals surface area contributed by atoms with Crippen LogP contribution in [0.5, 0.6) is 5.75 Å². The number of aromatic hydroxyl groups is 1. The molecule has 5 heteroatoms. The van der Waals surface area contributed by atoms with Gasteiger partial charge in [0, 0.05) is 15.6 Å². The molecule has 92 valence electrons. The molecule has 0 radical (unpaired) electrons. The lowest BCUT2D eigenvalue weighted by atomic mass is 10.0. The number of carbonyl (C=O) groups is 1. The molecule has 0 saturated carbocycles. The van der Waals surface area contributed by atoms with Crippen molar-refractivity contribution in [3.63, 3.8) is 0 Å². The van der Waals surface area contributed by atoms with Gasteiger partial charge in [0.2, 0.25) is 0 Å². The highest BCUT2D eigenvalue weighted by molar-refractivity contribution is 6.35. The zero-order valence-corrected chi connectivity index (χ0v) is 10.5. The summed E-state index contributed by atoms with van der Waals surface area (Å²) < 4.78 is 0. The van der Waals surface area contributed by atoms with Crippen molar-refractivity contribution >= 4 is 29.2 Å². The topological polar surface area (TPSA) is 57.5 Å². The Morgan fingerprint density at radius 1 is 1.06 bits per heavy atom. The van der Waals surface area contributed by atoms with Crippen molar-refractivity contribution in [2.75, 3.05) is 0 Å². The molecule has 0 aromatic heterocycles. The van der Waals surface area contributed by atoms with E-state index in [9.17, 15) is 9.90 Å². The molecule has 0 spiro atoms. The summed E-state index contributed by atoms with van der Waals surface area (Å²) in [4.78, 5) is 10.9. The van der Waals surface area contributed by atoms with Crippen LogP contribution in [0.15, 0.2) is 36.4 Å². The van der Waals surface area contributed by atoms with E-state index in [2.05, 4.69) is 0 Å². The maximum Gasteiger partial charge on any atom is 0.339 e. The van der Waals surface area contributed by atoms with E-state index in [1.54, 1.807) is 24.3 Å². The lowest BCUT2D eigenvalue weighted by Gasteiger charge is -2.07. The van der Waals surface area contributed by atoms with Gasteiger partial charge in [-0.3, -0.25) is 0 Å². The molecule has 0 unspecified atom stereocenters. The molecular weight excluding hydrogens is 275 g/mol. The molecule has 0 saturated heterocycles. The predicted octanol–water partition coefficient (Wildman–Crippen LogP) is 4.06. The summed E-state index contributed by atoms with van der Waals surface area (Å²) in [5.74, 6) is -1.49. The van der Waals surface area contributed by atoms with E-state index in [1.807, 2.05) is 0 Å². The largest absolute Gasteiger partial charge is 0.507 e. The summed E-state index contributed by atoms with van der Waals surface area (Å²) in [5, 5.41) is 19.3. The van der Waals surface area contributed by atoms with Gasteiger partial charge in [0.05, 0.1) is 0 Å². The van der Waals surface area contributed by atoms with Crippen molar-refractivity contribution in [1.29, 1.82) is 0 Å². The molecule has 0 aliphatic rings. The van der Waals surface area contributed by atoms with Gasteiger partial charge in [-0.05, 0) is 35.9 Å². The van der Waals surface area contributed by atoms with Crippen LogP contribution in [0.3, 0.4) is 0 Å².